The monoisotopic (exact) mass is 239 g/mol. The summed E-state index contributed by atoms with van der Waals surface area (Å²) in [4.78, 5) is 12.8. The van der Waals surface area contributed by atoms with Gasteiger partial charge in [-0.25, -0.2) is 0 Å². The number of amides is 1. The van der Waals surface area contributed by atoms with Gasteiger partial charge in [-0.3, -0.25) is 4.79 Å². The number of ether oxygens (including phenoxy) is 1. The van der Waals surface area contributed by atoms with E-state index < -0.39 is 0 Å². The zero-order chi connectivity index (χ0) is 11.6. The Balaban J connectivity index is 1.93. The second-order valence-electron chi connectivity index (χ2n) is 4.61. The molecule has 1 saturated heterocycles. The molecule has 3 nitrogen and oxygen atoms in total. The first-order chi connectivity index (χ1) is 7.64. The number of hydrogen-bond donors (Lipinski definition) is 1. The van der Waals surface area contributed by atoms with Crippen molar-refractivity contribution in [2.45, 2.75) is 20.3 Å². The summed E-state index contributed by atoms with van der Waals surface area (Å²) in [6.45, 7) is 6.40. The first-order valence-corrected chi connectivity index (χ1v) is 6.45. The van der Waals surface area contributed by atoms with E-state index in [4.69, 9.17) is 4.74 Å². The number of thiophene rings is 1. The van der Waals surface area contributed by atoms with Crippen LogP contribution in [0.15, 0.2) is 11.4 Å². The van der Waals surface area contributed by atoms with Gasteiger partial charge in [0.15, 0.2) is 0 Å². The lowest BCUT2D eigenvalue weighted by molar-refractivity contribution is -0.0978. The van der Waals surface area contributed by atoms with E-state index in [1.807, 2.05) is 11.4 Å². The number of hydrogen-bond acceptors (Lipinski definition) is 3. The summed E-state index contributed by atoms with van der Waals surface area (Å²) in [7, 11) is 0. The largest absolute Gasteiger partial charge is 0.380 e. The third-order valence-corrected chi connectivity index (χ3v) is 3.87. The van der Waals surface area contributed by atoms with E-state index in [0.29, 0.717) is 6.54 Å². The Kier molecular flexibility index (Phi) is 3.30. The van der Waals surface area contributed by atoms with Crippen molar-refractivity contribution in [2.75, 3.05) is 19.8 Å². The van der Waals surface area contributed by atoms with E-state index in [9.17, 15) is 4.79 Å². The second-order valence-corrected chi connectivity index (χ2v) is 5.53. The van der Waals surface area contributed by atoms with Crippen molar-refractivity contribution >= 4 is 17.2 Å². The van der Waals surface area contributed by atoms with Crippen molar-refractivity contribution in [3.8, 4) is 0 Å². The molecule has 0 aromatic carbocycles. The van der Waals surface area contributed by atoms with Crippen molar-refractivity contribution in [1.29, 1.82) is 0 Å². The van der Waals surface area contributed by atoms with Crippen LogP contribution in [0.2, 0.25) is 0 Å². The Hall–Kier alpha value is -0.870. The molecule has 0 spiro atoms. The molecular weight excluding hydrogens is 222 g/mol. The number of carbonyl (C=O) groups excluding carboxylic acids is 1. The molecule has 1 N–H and O–H groups in total. The molecule has 16 heavy (non-hydrogen) atoms. The van der Waals surface area contributed by atoms with E-state index in [2.05, 4.69) is 19.2 Å². The van der Waals surface area contributed by atoms with Gasteiger partial charge in [0.25, 0.3) is 5.91 Å². The maximum absolute atomic E-state index is 11.9. The van der Waals surface area contributed by atoms with E-state index in [1.54, 1.807) is 0 Å². The van der Waals surface area contributed by atoms with Crippen molar-refractivity contribution in [3.63, 3.8) is 0 Å². The Labute approximate surface area is 99.8 Å². The van der Waals surface area contributed by atoms with E-state index in [0.717, 1.165) is 30.1 Å². The van der Waals surface area contributed by atoms with E-state index >= 15 is 0 Å². The van der Waals surface area contributed by atoms with Gasteiger partial charge in [-0.15, -0.1) is 11.3 Å². The summed E-state index contributed by atoms with van der Waals surface area (Å²) in [6, 6.07) is 2.02. The highest BCUT2D eigenvalue weighted by atomic mass is 32.1. The Morgan fingerprint density at radius 3 is 2.94 bits per heavy atom. The minimum Gasteiger partial charge on any atom is -0.380 e. The van der Waals surface area contributed by atoms with Crippen LogP contribution in [0.25, 0.3) is 0 Å². The first-order valence-electron chi connectivity index (χ1n) is 5.57. The normalized spacial score (nSPS) is 17.9. The van der Waals surface area contributed by atoms with Crippen LogP contribution in [-0.4, -0.2) is 25.7 Å². The maximum Gasteiger partial charge on any atom is 0.261 e. The van der Waals surface area contributed by atoms with Gasteiger partial charge in [0.05, 0.1) is 18.1 Å². The summed E-state index contributed by atoms with van der Waals surface area (Å²) in [5, 5.41) is 4.97. The highest BCUT2D eigenvalue weighted by Crippen LogP contribution is 2.25. The summed E-state index contributed by atoms with van der Waals surface area (Å²) in [5.74, 6) is 0.0555. The van der Waals surface area contributed by atoms with Crippen LogP contribution in [-0.2, 0) is 11.2 Å². The smallest absolute Gasteiger partial charge is 0.261 e. The molecule has 2 rings (SSSR count). The van der Waals surface area contributed by atoms with Gasteiger partial charge in [0.1, 0.15) is 0 Å². The predicted octanol–water partition coefficient (Wildman–Crippen LogP) is 2.08. The molecule has 1 aliphatic rings. The van der Waals surface area contributed by atoms with Gasteiger partial charge in [0, 0.05) is 12.0 Å². The molecule has 1 amide bonds. The lowest BCUT2D eigenvalue weighted by atomic mass is 9.89. The molecule has 1 aromatic rings. The van der Waals surface area contributed by atoms with E-state index in [-0.39, 0.29) is 11.3 Å². The summed E-state index contributed by atoms with van der Waals surface area (Å²) in [5.41, 5.74) is 1.27. The van der Waals surface area contributed by atoms with Crippen molar-refractivity contribution < 1.29 is 9.53 Å². The van der Waals surface area contributed by atoms with Gasteiger partial charge >= 0.3 is 0 Å². The molecule has 4 heteroatoms. The lowest BCUT2D eigenvalue weighted by Crippen LogP contribution is -2.48. The average molecular weight is 239 g/mol. The number of rotatable bonds is 4. The maximum atomic E-state index is 11.9. The van der Waals surface area contributed by atoms with Crippen LogP contribution in [0.4, 0.5) is 0 Å². The molecule has 1 aromatic heterocycles. The summed E-state index contributed by atoms with van der Waals surface area (Å²) >= 11 is 1.52. The van der Waals surface area contributed by atoms with Crippen LogP contribution in [0.5, 0.6) is 0 Å². The predicted molar refractivity (Wildman–Crippen MR) is 65.0 cm³/mol. The molecule has 1 fully saturated rings. The minimum absolute atomic E-state index is 0.0555. The molecule has 0 aliphatic carbocycles. The van der Waals surface area contributed by atoms with Crippen molar-refractivity contribution in [3.05, 3.63) is 21.9 Å². The second kappa shape index (κ2) is 4.55. The average Bonchev–Trinajstić information content (AvgIpc) is 2.71. The molecule has 0 radical (unpaired) electrons. The SMILES string of the molecule is CCc1ccsc1C(=O)NCC1(C)COC1. The molecule has 0 atom stereocenters. The highest BCUT2D eigenvalue weighted by molar-refractivity contribution is 7.12. The Morgan fingerprint density at radius 1 is 1.62 bits per heavy atom. The molecule has 0 unspecified atom stereocenters. The van der Waals surface area contributed by atoms with Crippen LogP contribution in [0.3, 0.4) is 0 Å². The Morgan fingerprint density at radius 2 is 2.38 bits per heavy atom. The number of aryl methyl sites for hydroxylation is 1. The molecule has 2 heterocycles. The van der Waals surface area contributed by atoms with Gasteiger partial charge in [-0.1, -0.05) is 13.8 Å². The van der Waals surface area contributed by atoms with Gasteiger partial charge in [-0.05, 0) is 23.4 Å². The Bertz CT molecular complexity index is 382. The third-order valence-electron chi connectivity index (χ3n) is 2.91. The quantitative estimate of drug-likeness (QED) is 0.873. The highest BCUT2D eigenvalue weighted by Gasteiger charge is 2.33. The topological polar surface area (TPSA) is 38.3 Å². The zero-order valence-electron chi connectivity index (χ0n) is 9.71. The fourth-order valence-corrected chi connectivity index (χ4v) is 2.65. The van der Waals surface area contributed by atoms with Gasteiger partial charge in [-0.2, -0.15) is 0 Å². The van der Waals surface area contributed by atoms with E-state index in [1.165, 1.54) is 11.3 Å². The first kappa shape index (κ1) is 11.6. The molecule has 88 valence electrons. The summed E-state index contributed by atoms with van der Waals surface area (Å²) < 4.78 is 5.16. The van der Waals surface area contributed by atoms with Crippen molar-refractivity contribution in [2.24, 2.45) is 5.41 Å². The van der Waals surface area contributed by atoms with Crippen LogP contribution < -0.4 is 5.32 Å². The fourth-order valence-electron chi connectivity index (χ4n) is 1.74. The molecular formula is C12H17NO2S. The van der Waals surface area contributed by atoms with Crippen LogP contribution >= 0.6 is 11.3 Å². The third kappa shape index (κ3) is 2.28. The number of carbonyl (C=O) groups is 1. The fraction of sp³-hybridized carbons (Fsp3) is 0.583. The lowest BCUT2D eigenvalue weighted by Gasteiger charge is -2.37. The van der Waals surface area contributed by atoms with Gasteiger partial charge in [0.2, 0.25) is 0 Å². The molecule has 1 aliphatic heterocycles. The number of nitrogens with one attached hydrogen (secondary N) is 1. The molecule has 0 bridgehead atoms. The van der Waals surface area contributed by atoms with Crippen molar-refractivity contribution in [1.82, 2.24) is 5.32 Å². The minimum atomic E-state index is 0.0555. The standard InChI is InChI=1S/C12H17NO2S/c1-3-9-4-5-16-10(9)11(14)13-6-12(2)7-15-8-12/h4-5H,3,6-8H2,1-2H3,(H,13,14). The van der Waals surface area contributed by atoms with Crippen LogP contribution in [0.1, 0.15) is 29.1 Å². The van der Waals surface area contributed by atoms with Crippen LogP contribution in [0, 0.1) is 5.41 Å². The summed E-state index contributed by atoms with van der Waals surface area (Å²) in [6.07, 6.45) is 0.909. The zero-order valence-corrected chi connectivity index (χ0v) is 10.5. The van der Waals surface area contributed by atoms with Gasteiger partial charge < -0.3 is 10.1 Å². The molecule has 0 saturated carbocycles.